The lowest BCUT2D eigenvalue weighted by atomic mass is 10.0. The third-order valence-electron chi connectivity index (χ3n) is 5.75. The number of aromatic nitrogens is 2. The summed E-state index contributed by atoms with van der Waals surface area (Å²) < 4.78 is 5.36. The number of likely N-dealkylation sites (tertiary alicyclic amines) is 1. The van der Waals surface area contributed by atoms with Gasteiger partial charge in [0.1, 0.15) is 0 Å². The van der Waals surface area contributed by atoms with Crippen molar-refractivity contribution in [2.24, 2.45) is 0 Å². The highest BCUT2D eigenvalue weighted by atomic mass is 16.5. The van der Waals surface area contributed by atoms with E-state index in [4.69, 9.17) is 4.52 Å². The van der Waals surface area contributed by atoms with Gasteiger partial charge in [-0.1, -0.05) is 61.5 Å². The first-order chi connectivity index (χ1) is 15.1. The fourth-order valence-corrected chi connectivity index (χ4v) is 3.89. The predicted octanol–water partition coefficient (Wildman–Crippen LogP) is 5.03. The molecule has 3 aromatic rings. The predicted molar refractivity (Wildman–Crippen MR) is 122 cm³/mol. The molecule has 0 aliphatic carbocycles. The molecule has 162 valence electrons. The van der Waals surface area contributed by atoms with Crippen molar-refractivity contribution in [1.29, 1.82) is 0 Å². The lowest BCUT2D eigenvalue weighted by Crippen LogP contribution is -2.20. The van der Waals surface area contributed by atoms with Crippen LogP contribution in [0.15, 0.2) is 53.1 Å². The van der Waals surface area contributed by atoms with Crippen molar-refractivity contribution in [3.05, 3.63) is 65.5 Å². The Morgan fingerprint density at radius 1 is 1.10 bits per heavy atom. The molecule has 2 heterocycles. The van der Waals surface area contributed by atoms with Crippen LogP contribution < -0.4 is 5.32 Å². The number of benzene rings is 2. The molecule has 0 radical (unpaired) electrons. The zero-order valence-electron chi connectivity index (χ0n) is 18.3. The van der Waals surface area contributed by atoms with E-state index < -0.39 is 0 Å². The van der Waals surface area contributed by atoms with E-state index in [1.165, 1.54) is 18.4 Å². The van der Waals surface area contributed by atoms with Crippen molar-refractivity contribution in [3.63, 3.8) is 0 Å². The Hall–Kier alpha value is -2.99. The van der Waals surface area contributed by atoms with Crippen LogP contribution >= 0.6 is 0 Å². The third kappa shape index (κ3) is 5.58. The molecule has 1 amide bonds. The van der Waals surface area contributed by atoms with Crippen LogP contribution in [-0.4, -0.2) is 34.0 Å². The fraction of sp³-hybridized carbons (Fsp3) is 0.400. The molecule has 0 saturated carbocycles. The topological polar surface area (TPSA) is 71.3 Å². The molecule has 0 unspecified atom stereocenters. The summed E-state index contributed by atoms with van der Waals surface area (Å²) >= 11 is 0. The number of hydrogen-bond acceptors (Lipinski definition) is 5. The zero-order valence-corrected chi connectivity index (χ0v) is 18.3. The van der Waals surface area contributed by atoms with Crippen LogP contribution in [0.25, 0.3) is 11.4 Å². The molecule has 1 aliphatic heterocycles. The van der Waals surface area contributed by atoms with Crippen molar-refractivity contribution in [1.82, 2.24) is 15.0 Å². The Kier molecular flexibility index (Phi) is 6.77. The number of amides is 1. The maximum absolute atomic E-state index is 12.5. The average Bonchev–Trinajstić information content (AvgIpc) is 3.46. The molecule has 1 aliphatic rings. The van der Waals surface area contributed by atoms with E-state index in [1.807, 2.05) is 30.3 Å². The van der Waals surface area contributed by atoms with Crippen LogP contribution in [0.5, 0.6) is 0 Å². The van der Waals surface area contributed by atoms with Crippen molar-refractivity contribution in [2.75, 3.05) is 18.4 Å². The van der Waals surface area contributed by atoms with Gasteiger partial charge in [-0.2, -0.15) is 4.98 Å². The number of para-hydroxylation sites is 1. The molecule has 4 rings (SSSR count). The summed E-state index contributed by atoms with van der Waals surface area (Å²) in [7, 11) is 0. The Balaban J connectivity index is 1.32. The second-order valence-electron chi connectivity index (χ2n) is 8.48. The second kappa shape index (κ2) is 9.88. The maximum atomic E-state index is 12.5. The van der Waals surface area contributed by atoms with Crippen molar-refractivity contribution in [3.8, 4) is 11.4 Å². The van der Waals surface area contributed by atoms with E-state index in [-0.39, 0.29) is 5.91 Å². The van der Waals surface area contributed by atoms with Crippen LogP contribution in [0.2, 0.25) is 0 Å². The second-order valence-corrected chi connectivity index (χ2v) is 8.48. The molecule has 1 saturated heterocycles. The van der Waals surface area contributed by atoms with Gasteiger partial charge in [0.15, 0.2) is 0 Å². The minimum absolute atomic E-state index is 0.0464. The Morgan fingerprint density at radius 3 is 2.58 bits per heavy atom. The highest BCUT2D eigenvalue weighted by Crippen LogP contribution is 2.22. The monoisotopic (exact) mass is 418 g/mol. The summed E-state index contributed by atoms with van der Waals surface area (Å²) in [6.07, 6.45) is 3.22. The number of carbonyl (C=O) groups excluding carboxylic acids is 1. The largest absolute Gasteiger partial charge is 0.339 e. The molecule has 0 spiro atoms. The van der Waals surface area contributed by atoms with Crippen LogP contribution in [0, 0.1) is 0 Å². The third-order valence-corrected chi connectivity index (χ3v) is 5.75. The van der Waals surface area contributed by atoms with Gasteiger partial charge in [0.05, 0.1) is 0 Å². The number of carbonyl (C=O) groups is 1. The summed E-state index contributed by atoms with van der Waals surface area (Å²) in [6, 6.07) is 16.2. The standard InChI is InChI=1S/C25H30N4O2/c1-18(2)19-9-11-20(12-10-19)25-27-24(31-28-25)14-13-23(30)26-22-8-4-3-7-21(22)17-29-15-5-6-16-29/h3-4,7-12,18H,5-6,13-17H2,1-2H3,(H,26,30). The first-order valence-corrected chi connectivity index (χ1v) is 11.1. The lowest BCUT2D eigenvalue weighted by molar-refractivity contribution is -0.116. The van der Waals surface area contributed by atoms with Gasteiger partial charge < -0.3 is 9.84 Å². The van der Waals surface area contributed by atoms with E-state index in [0.29, 0.717) is 30.5 Å². The summed E-state index contributed by atoms with van der Waals surface area (Å²) in [6.45, 7) is 7.46. The Labute approximate surface area is 183 Å². The van der Waals surface area contributed by atoms with Gasteiger partial charge in [-0.05, 0) is 49.0 Å². The highest BCUT2D eigenvalue weighted by molar-refractivity contribution is 5.91. The van der Waals surface area contributed by atoms with E-state index in [0.717, 1.165) is 36.4 Å². The van der Waals surface area contributed by atoms with Gasteiger partial charge >= 0.3 is 0 Å². The normalized spacial score (nSPS) is 14.3. The smallest absolute Gasteiger partial charge is 0.227 e. The number of hydrogen-bond donors (Lipinski definition) is 1. The molecule has 0 bridgehead atoms. The van der Waals surface area contributed by atoms with E-state index in [1.54, 1.807) is 0 Å². The van der Waals surface area contributed by atoms with Crippen molar-refractivity contribution >= 4 is 11.6 Å². The van der Waals surface area contributed by atoms with Gasteiger partial charge in [0.2, 0.25) is 17.6 Å². The van der Waals surface area contributed by atoms with Crippen LogP contribution in [0.1, 0.15) is 56.0 Å². The lowest BCUT2D eigenvalue weighted by Gasteiger charge is -2.17. The van der Waals surface area contributed by atoms with Gasteiger partial charge in [-0.3, -0.25) is 9.69 Å². The van der Waals surface area contributed by atoms with Crippen molar-refractivity contribution < 1.29 is 9.32 Å². The quantitative estimate of drug-likeness (QED) is 0.556. The van der Waals surface area contributed by atoms with E-state index in [9.17, 15) is 4.79 Å². The average molecular weight is 419 g/mol. The Morgan fingerprint density at radius 2 is 1.84 bits per heavy atom. The number of anilines is 1. The maximum Gasteiger partial charge on any atom is 0.227 e. The molecule has 1 N–H and O–H groups in total. The van der Waals surface area contributed by atoms with Gasteiger partial charge in [0.25, 0.3) is 0 Å². The van der Waals surface area contributed by atoms with Crippen LogP contribution in [-0.2, 0) is 17.8 Å². The minimum Gasteiger partial charge on any atom is -0.339 e. The highest BCUT2D eigenvalue weighted by Gasteiger charge is 2.15. The number of rotatable bonds is 8. The molecule has 0 atom stereocenters. The summed E-state index contributed by atoms with van der Waals surface area (Å²) in [5.41, 5.74) is 4.23. The van der Waals surface area contributed by atoms with Crippen LogP contribution in [0.4, 0.5) is 5.69 Å². The molecule has 2 aromatic carbocycles. The molecular formula is C25H30N4O2. The van der Waals surface area contributed by atoms with E-state index >= 15 is 0 Å². The number of nitrogens with zero attached hydrogens (tertiary/aromatic N) is 3. The summed E-state index contributed by atoms with van der Waals surface area (Å²) in [4.78, 5) is 19.4. The van der Waals surface area contributed by atoms with E-state index in [2.05, 4.69) is 52.4 Å². The minimum atomic E-state index is -0.0464. The first kappa shape index (κ1) is 21.2. The Bertz CT molecular complexity index is 1000. The molecule has 1 fully saturated rings. The molecule has 1 aromatic heterocycles. The van der Waals surface area contributed by atoms with Gasteiger partial charge in [-0.15, -0.1) is 0 Å². The molecule has 6 heteroatoms. The van der Waals surface area contributed by atoms with Gasteiger partial charge in [0, 0.05) is 30.6 Å². The molecular weight excluding hydrogens is 388 g/mol. The number of aryl methyl sites for hydroxylation is 1. The van der Waals surface area contributed by atoms with Crippen molar-refractivity contribution in [2.45, 2.75) is 52.0 Å². The van der Waals surface area contributed by atoms with Crippen LogP contribution in [0.3, 0.4) is 0 Å². The van der Waals surface area contributed by atoms with Gasteiger partial charge in [-0.25, -0.2) is 0 Å². The molecule has 6 nitrogen and oxygen atoms in total. The summed E-state index contributed by atoms with van der Waals surface area (Å²) in [5.74, 6) is 1.47. The fourth-order valence-electron chi connectivity index (χ4n) is 3.89. The number of nitrogens with one attached hydrogen (secondary N) is 1. The first-order valence-electron chi connectivity index (χ1n) is 11.1. The SMILES string of the molecule is CC(C)c1ccc(-c2noc(CCC(=O)Nc3ccccc3CN3CCCC3)n2)cc1. The molecule has 31 heavy (non-hydrogen) atoms. The summed E-state index contributed by atoms with van der Waals surface area (Å²) in [5, 5.41) is 7.13. The zero-order chi connectivity index (χ0) is 21.6.